The summed E-state index contributed by atoms with van der Waals surface area (Å²) in [6, 6.07) is 0. The summed E-state index contributed by atoms with van der Waals surface area (Å²) in [4.78, 5) is 0. The molecule has 0 aliphatic heterocycles. The Morgan fingerprint density at radius 2 is 1.54 bits per heavy atom. The maximum atomic E-state index is 9.01. The van der Waals surface area contributed by atoms with Crippen molar-refractivity contribution in [2.75, 3.05) is 20.3 Å². The minimum Gasteiger partial charge on any atom is -0.394 e. The third-order valence-electron chi connectivity index (χ3n) is 1.58. The van der Waals surface area contributed by atoms with Gasteiger partial charge in [0.05, 0.1) is 18.8 Å². The first kappa shape index (κ1) is 12.8. The monoisotopic (exact) mass is 192 g/mol. The van der Waals surface area contributed by atoms with Gasteiger partial charge in [0.2, 0.25) is 0 Å². The lowest BCUT2D eigenvalue weighted by molar-refractivity contribution is -0.145. The number of aliphatic hydroxyl groups is 2. The molecule has 80 valence electrons. The van der Waals surface area contributed by atoms with Crippen LogP contribution in [0, 0.1) is 0 Å². The molecule has 0 rings (SSSR count). The normalized spacial score (nSPS) is 17.1. The summed E-state index contributed by atoms with van der Waals surface area (Å²) in [5, 5.41) is 17.9. The van der Waals surface area contributed by atoms with E-state index in [-0.39, 0.29) is 18.8 Å². The van der Waals surface area contributed by atoms with Crippen LogP contribution in [0.1, 0.15) is 20.8 Å². The minimum absolute atomic E-state index is 0.155. The number of ether oxygens (including phenoxy) is 2. The van der Waals surface area contributed by atoms with Crippen molar-refractivity contribution in [3.63, 3.8) is 0 Å². The Morgan fingerprint density at radius 1 is 1.08 bits per heavy atom. The number of hydrogen-bond acceptors (Lipinski definition) is 4. The van der Waals surface area contributed by atoms with Crippen molar-refractivity contribution in [3.05, 3.63) is 0 Å². The van der Waals surface area contributed by atoms with E-state index in [9.17, 15) is 0 Å². The summed E-state index contributed by atoms with van der Waals surface area (Å²) in [6.07, 6.45) is -0.945. The van der Waals surface area contributed by atoms with E-state index in [0.29, 0.717) is 0 Å². The Kier molecular flexibility index (Phi) is 5.48. The minimum atomic E-state index is -0.477. The Hall–Kier alpha value is -0.160. The molecular formula is C9H20O4. The van der Waals surface area contributed by atoms with Gasteiger partial charge in [0.25, 0.3) is 0 Å². The predicted octanol–water partition coefficient (Wildman–Crippen LogP) is 0.170. The Bertz CT molecular complexity index is 126. The molecular weight excluding hydrogens is 172 g/mol. The Morgan fingerprint density at radius 3 is 1.77 bits per heavy atom. The second-order valence-electron chi connectivity index (χ2n) is 3.91. The third kappa shape index (κ3) is 5.21. The molecule has 0 aromatic carbocycles. The molecule has 0 aliphatic carbocycles. The second-order valence-corrected chi connectivity index (χ2v) is 3.91. The van der Waals surface area contributed by atoms with E-state index in [2.05, 4.69) is 0 Å². The molecule has 0 bridgehead atoms. The summed E-state index contributed by atoms with van der Waals surface area (Å²) in [5.41, 5.74) is -0.348. The number of hydrogen-bond donors (Lipinski definition) is 2. The lowest BCUT2D eigenvalue weighted by Crippen LogP contribution is -2.41. The van der Waals surface area contributed by atoms with Crippen LogP contribution in [0.4, 0.5) is 0 Å². The maximum Gasteiger partial charge on any atom is 0.110 e. The highest BCUT2D eigenvalue weighted by Crippen LogP contribution is 2.14. The zero-order valence-electron chi connectivity index (χ0n) is 8.78. The molecule has 0 amide bonds. The standard InChI is InChI=1S/C9H20O4/c1-9(2,3)13-8(6-11)7(5-10)12-4/h7-8,10-11H,5-6H2,1-4H3. The molecule has 0 spiro atoms. The largest absolute Gasteiger partial charge is 0.394 e. The van der Waals surface area contributed by atoms with Crippen LogP contribution in [0.3, 0.4) is 0 Å². The molecule has 2 unspecified atom stereocenters. The van der Waals surface area contributed by atoms with Crippen molar-refractivity contribution in [2.24, 2.45) is 0 Å². The maximum absolute atomic E-state index is 9.01. The van der Waals surface area contributed by atoms with Gasteiger partial charge in [0.15, 0.2) is 0 Å². The van der Waals surface area contributed by atoms with Crippen LogP contribution in [-0.2, 0) is 9.47 Å². The van der Waals surface area contributed by atoms with Crippen LogP contribution in [0.5, 0.6) is 0 Å². The zero-order valence-corrected chi connectivity index (χ0v) is 8.78. The molecule has 0 fully saturated rings. The van der Waals surface area contributed by atoms with Gasteiger partial charge in [-0.2, -0.15) is 0 Å². The molecule has 2 N–H and O–H groups in total. The summed E-state index contributed by atoms with van der Waals surface area (Å²) < 4.78 is 10.5. The van der Waals surface area contributed by atoms with Crippen molar-refractivity contribution < 1.29 is 19.7 Å². The Balaban J connectivity index is 4.15. The van der Waals surface area contributed by atoms with Gasteiger partial charge in [0.1, 0.15) is 12.2 Å². The first-order chi connectivity index (χ1) is 5.94. The average molecular weight is 192 g/mol. The highest BCUT2D eigenvalue weighted by atomic mass is 16.6. The number of methoxy groups -OCH3 is 1. The zero-order chi connectivity index (χ0) is 10.5. The number of aliphatic hydroxyl groups excluding tert-OH is 2. The van der Waals surface area contributed by atoms with Crippen molar-refractivity contribution in [3.8, 4) is 0 Å². The molecule has 4 nitrogen and oxygen atoms in total. The predicted molar refractivity (Wildman–Crippen MR) is 49.6 cm³/mol. The molecule has 0 aromatic heterocycles. The van der Waals surface area contributed by atoms with E-state index < -0.39 is 12.2 Å². The first-order valence-electron chi connectivity index (χ1n) is 4.37. The van der Waals surface area contributed by atoms with Gasteiger partial charge >= 0.3 is 0 Å². The highest BCUT2D eigenvalue weighted by Gasteiger charge is 2.25. The van der Waals surface area contributed by atoms with Crippen molar-refractivity contribution in [2.45, 2.75) is 38.6 Å². The molecule has 0 saturated carbocycles. The van der Waals surface area contributed by atoms with Crippen LogP contribution in [0.2, 0.25) is 0 Å². The molecule has 0 saturated heterocycles. The Labute approximate surface area is 79.5 Å². The summed E-state index contributed by atoms with van der Waals surface area (Å²) in [7, 11) is 1.48. The van der Waals surface area contributed by atoms with Gasteiger partial charge in [0, 0.05) is 7.11 Å². The van der Waals surface area contributed by atoms with E-state index >= 15 is 0 Å². The van der Waals surface area contributed by atoms with Crippen LogP contribution in [0.15, 0.2) is 0 Å². The van der Waals surface area contributed by atoms with Crippen molar-refractivity contribution >= 4 is 0 Å². The van der Waals surface area contributed by atoms with Gasteiger partial charge in [-0.1, -0.05) is 0 Å². The lowest BCUT2D eigenvalue weighted by Gasteiger charge is -2.30. The molecule has 4 heteroatoms. The van der Waals surface area contributed by atoms with Gasteiger partial charge in [-0.05, 0) is 20.8 Å². The average Bonchev–Trinajstić information content (AvgIpc) is 2.02. The van der Waals surface area contributed by atoms with E-state index in [1.165, 1.54) is 7.11 Å². The second kappa shape index (κ2) is 5.54. The smallest absolute Gasteiger partial charge is 0.110 e. The molecule has 0 aliphatic rings. The van der Waals surface area contributed by atoms with E-state index in [4.69, 9.17) is 19.7 Å². The van der Waals surface area contributed by atoms with Gasteiger partial charge in [-0.15, -0.1) is 0 Å². The lowest BCUT2D eigenvalue weighted by atomic mass is 10.1. The fraction of sp³-hybridized carbons (Fsp3) is 1.00. The van der Waals surface area contributed by atoms with Crippen LogP contribution in [-0.4, -0.2) is 48.3 Å². The fourth-order valence-corrected chi connectivity index (χ4v) is 1.03. The summed E-state index contributed by atoms with van der Waals surface area (Å²) in [6.45, 7) is 5.35. The van der Waals surface area contributed by atoms with E-state index in [0.717, 1.165) is 0 Å². The van der Waals surface area contributed by atoms with Crippen LogP contribution >= 0.6 is 0 Å². The number of rotatable bonds is 5. The molecule has 0 radical (unpaired) electrons. The third-order valence-corrected chi connectivity index (χ3v) is 1.58. The van der Waals surface area contributed by atoms with E-state index in [1.807, 2.05) is 20.8 Å². The van der Waals surface area contributed by atoms with E-state index in [1.54, 1.807) is 0 Å². The molecule has 0 aromatic rings. The van der Waals surface area contributed by atoms with Crippen molar-refractivity contribution in [1.82, 2.24) is 0 Å². The molecule has 0 heterocycles. The fourth-order valence-electron chi connectivity index (χ4n) is 1.03. The topological polar surface area (TPSA) is 58.9 Å². The highest BCUT2D eigenvalue weighted by molar-refractivity contribution is 4.73. The first-order valence-corrected chi connectivity index (χ1v) is 4.37. The van der Waals surface area contributed by atoms with Gasteiger partial charge in [-0.3, -0.25) is 0 Å². The van der Waals surface area contributed by atoms with Crippen LogP contribution in [0.25, 0.3) is 0 Å². The summed E-state index contributed by atoms with van der Waals surface area (Å²) >= 11 is 0. The van der Waals surface area contributed by atoms with Crippen LogP contribution < -0.4 is 0 Å². The molecule has 2 atom stereocenters. The summed E-state index contributed by atoms with van der Waals surface area (Å²) in [5.74, 6) is 0. The van der Waals surface area contributed by atoms with Crippen molar-refractivity contribution in [1.29, 1.82) is 0 Å². The quantitative estimate of drug-likeness (QED) is 0.652. The molecule has 13 heavy (non-hydrogen) atoms. The SMILES string of the molecule is COC(CO)C(CO)OC(C)(C)C. The van der Waals surface area contributed by atoms with Gasteiger partial charge in [-0.25, -0.2) is 0 Å². The van der Waals surface area contributed by atoms with Gasteiger partial charge < -0.3 is 19.7 Å².